The molecule has 4 nitrogen and oxygen atoms in total. The Balaban J connectivity index is 2.02. The molecule has 2 N–H and O–H groups in total. The predicted molar refractivity (Wildman–Crippen MR) is 52.7 cm³/mol. The van der Waals surface area contributed by atoms with E-state index in [1.54, 1.807) is 0 Å². The summed E-state index contributed by atoms with van der Waals surface area (Å²) in [6.07, 6.45) is 0. The first-order valence-corrected chi connectivity index (χ1v) is 4.76. The first-order chi connectivity index (χ1) is 5.97. The molecular formula is C9H19N3O. The topological polar surface area (TPSA) is 44.1 Å². The van der Waals surface area contributed by atoms with Crippen molar-refractivity contribution in [3.8, 4) is 0 Å². The molecule has 1 rings (SSSR count). The molecular weight excluding hydrogens is 166 g/mol. The minimum absolute atomic E-state index is 0.0747. The number of hydrogen-bond donors (Lipinski definition) is 2. The number of rotatable bonds is 3. The molecule has 0 aromatic heterocycles. The van der Waals surface area contributed by atoms with Crippen molar-refractivity contribution in [1.29, 1.82) is 0 Å². The Morgan fingerprint density at radius 2 is 2.00 bits per heavy atom. The summed E-state index contributed by atoms with van der Waals surface area (Å²) in [4.78, 5) is 13.5. The fourth-order valence-corrected chi connectivity index (χ4v) is 1.01. The van der Waals surface area contributed by atoms with Gasteiger partial charge in [0.15, 0.2) is 0 Å². The van der Waals surface area contributed by atoms with Crippen molar-refractivity contribution >= 4 is 6.03 Å². The molecule has 0 aromatic rings. The third-order valence-electron chi connectivity index (χ3n) is 1.74. The number of nitrogens with one attached hydrogen (secondary N) is 2. The predicted octanol–water partition coefficient (Wildman–Crippen LogP) is 0.400. The molecule has 2 amide bonds. The molecule has 76 valence electrons. The number of carbonyl (C=O) groups excluding carboxylic acids is 1. The van der Waals surface area contributed by atoms with Gasteiger partial charge >= 0.3 is 6.03 Å². The number of hydrogen-bond acceptors (Lipinski definition) is 2. The fourth-order valence-electron chi connectivity index (χ4n) is 1.01. The Kier molecular flexibility index (Phi) is 3.14. The van der Waals surface area contributed by atoms with Crippen LogP contribution in [0.3, 0.4) is 0 Å². The molecule has 0 atom stereocenters. The fraction of sp³-hybridized carbons (Fsp3) is 0.889. The lowest BCUT2D eigenvalue weighted by Crippen LogP contribution is -2.47. The first-order valence-electron chi connectivity index (χ1n) is 4.76. The summed E-state index contributed by atoms with van der Waals surface area (Å²) in [6.45, 7) is 9.98. The number of nitrogens with zero attached hydrogens (tertiary/aromatic N) is 1. The van der Waals surface area contributed by atoms with E-state index in [1.165, 1.54) is 13.1 Å². The molecule has 0 unspecified atom stereocenters. The summed E-state index contributed by atoms with van der Waals surface area (Å²) in [5.74, 6) is 0. The number of amides is 2. The standard InChI is InChI=1S/C9H19N3O/c1-9(2,3)11-8(13)10-4-5-12-6-7-12/h4-7H2,1-3H3,(H2,10,11,13). The van der Waals surface area contributed by atoms with Gasteiger partial charge in [-0.05, 0) is 20.8 Å². The molecule has 4 heteroatoms. The lowest BCUT2D eigenvalue weighted by Gasteiger charge is -2.20. The van der Waals surface area contributed by atoms with Crippen molar-refractivity contribution in [3.05, 3.63) is 0 Å². The number of carbonyl (C=O) groups is 1. The molecule has 1 heterocycles. The van der Waals surface area contributed by atoms with Crippen molar-refractivity contribution in [1.82, 2.24) is 15.5 Å². The van der Waals surface area contributed by atoms with Crippen LogP contribution >= 0.6 is 0 Å². The largest absolute Gasteiger partial charge is 0.337 e. The van der Waals surface area contributed by atoms with Gasteiger partial charge in [-0.2, -0.15) is 0 Å². The Labute approximate surface area is 79.7 Å². The van der Waals surface area contributed by atoms with E-state index in [-0.39, 0.29) is 11.6 Å². The van der Waals surface area contributed by atoms with E-state index in [2.05, 4.69) is 15.5 Å². The summed E-state index contributed by atoms with van der Waals surface area (Å²) in [6, 6.07) is -0.0747. The summed E-state index contributed by atoms with van der Waals surface area (Å²) < 4.78 is 0. The quantitative estimate of drug-likeness (QED) is 0.625. The lowest BCUT2D eigenvalue weighted by atomic mass is 10.1. The molecule has 1 aliphatic heterocycles. The number of urea groups is 1. The van der Waals surface area contributed by atoms with Crippen LogP contribution in [0.4, 0.5) is 4.79 Å². The van der Waals surface area contributed by atoms with Gasteiger partial charge in [0.05, 0.1) is 0 Å². The summed E-state index contributed by atoms with van der Waals surface area (Å²) in [5.41, 5.74) is -0.149. The summed E-state index contributed by atoms with van der Waals surface area (Å²) >= 11 is 0. The van der Waals surface area contributed by atoms with E-state index in [9.17, 15) is 4.79 Å². The van der Waals surface area contributed by atoms with E-state index in [1.807, 2.05) is 20.8 Å². The van der Waals surface area contributed by atoms with Crippen LogP contribution in [0.15, 0.2) is 0 Å². The maximum atomic E-state index is 11.2. The van der Waals surface area contributed by atoms with Gasteiger partial charge < -0.3 is 10.6 Å². The maximum Gasteiger partial charge on any atom is 0.315 e. The van der Waals surface area contributed by atoms with E-state index in [4.69, 9.17) is 0 Å². The Bertz CT molecular complexity index is 182. The average molecular weight is 185 g/mol. The minimum Gasteiger partial charge on any atom is -0.337 e. The molecule has 13 heavy (non-hydrogen) atoms. The van der Waals surface area contributed by atoms with Crippen LogP contribution in [0.2, 0.25) is 0 Å². The van der Waals surface area contributed by atoms with Crippen LogP contribution in [0, 0.1) is 0 Å². The van der Waals surface area contributed by atoms with Crippen LogP contribution in [0.5, 0.6) is 0 Å². The molecule has 0 aromatic carbocycles. The molecule has 1 aliphatic rings. The second-order valence-electron chi connectivity index (χ2n) is 4.47. The third kappa shape index (κ3) is 5.47. The second-order valence-corrected chi connectivity index (χ2v) is 4.47. The van der Waals surface area contributed by atoms with Crippen molar-refractivity contribution in [3.63, 3.8) is 0 Å². The molecule has 1 fully saturated rings. The molecule has 0 bridgehead atoms. The van der Waals surface area contributed by atoms with Gasteiger partial charge in [-0.3, -0.25) is 4.90 Å². The molecule has 1 saturated heterocycles. The van der Waals surface area contributed by atoms with E-state index in [0.717, 1.165) is 13.1 Å². The van der Waals surface area contributed by atoms with Crippen LogP contribution < -0.4 is 10.6 Å². The zero-order valence-electron chi connectivity index (χ0n) is 8.68. The van der Waals surface area contributed by atoms with Gasteiger partial charge in [0.25, 0.3) is 0 Å². The van der Waals surface area contributed by atoms with Gasteiger partial charge in [-0.1, -0.05) is 0 Å². The molecule has 0 radical (unpaired) electrons. The van der Waals surface area contributed by atoms with Crippen LogP contribution in [0.25, 0.3) is 0 Å². The normalized spacial score (nSPS) is 16.8. The molecule has 0 spiro atoms. The van der Waals surface area contributed by atoms with Gasteiger partial charge in [-0.25, -0.2) is 4.79 Å². The zero-order valence-corrected chi connectivity index (χ0v) is 8.68. The van der Waals surface area contributed by atoms with Crippen molar-refractivity contribution < 1.29 is 4.79 Å². The summed E-state index contributed by atoms with van der Waals surface area (Å²) in [5, 5.41) is 5.66. The Morgan fingerprint density at radius 3 is 2.46 bits per heavy atom. The van der Waals surface area contributed by atoms with Crippen molar-refractivity contribution in [2.24, 2.45) is 0 Å². The Hall–Kier alpha value is -0.770. The highest BCUT2D eigenvalue weighted by atomic mass is 16.2. The van der Waals surface area contributed by atoms with Gasteiger partial charge in [0.2, 0.25) is 0 Å². The minimum atomic E-state index is -0.149. The highest BCUT2D eigenvalue weighted by Gasteiger charge is 2.17. The first kappa shape index (κ1) is 10.3. The van der Waals surface area contributed by atoms with Crippen LogP contribution in [-0.2, 0) is 0 Å². The second kappa shape index (κ2) is 3.96. The van der Waals surface area contributed by atoms with E-state index in [0.29, 0.717) is 0 Å². The van der Waals surface area contributed by atoms with E-state index >= 15 is 0 Å². The van der Waals surface area contributed by atoms with Crippen LogP contribution in [0.1, 0.15) is 20.8 Å². The Morgan fingerprint density at radius 1 is 1.38 bits per heavy atom. The average Bonchev–Trinajstić information content (AvgIpc) is 2.66. The van der Waals surface area contributed by atoms with Gasteiger partial charge in [-0.15, -0.1) is 0 Å². The highest BCUT2D eigenvalue weighted by Crippen LogP contribution is 2.00. The monoisotopic (exact) mass is 185 g/mol. The lowest BCUT2D eigenvalue weighted by molar-refractivity contribution is 0.231. The van der Waals surface area contributed by atoms with Gasteiger partial charge in [0, 0.05) is 31.7 Å². The zero-order chi connectivity index (χ0) is 9.90. The summed E-state index contributed by atoms with van der Waals surface area (Å²) in [7, 11) is 0. The van der Waals surface area contributed by atoms with E-state index < -0.39 is 0 Å². The maximum absolute atomic E-state index is 11.2. The molecule has 0 saturated carbocycles. The molecule has 0 aliphatic carbocycles. The van der Waals surface area contributed by atoms with Crippen molar-refractivity contribution in [2.45, 2.75) is 26.3 Å². The third-order valence-corrected chi connectivity index (χ3v) is 1.74. The van der Waals surface area contributed by atoms with Gasteiger partial charge in [0.1, 0.15) is 0 Å². The highest BCUT2D eigenvalue weighted by molar-refractivity contribution is 5.74. The van der Waals surface area contributed by atoms with Crippen LogP contribution in [-0.4, -0.2) is 42.6 Å². The smallest absolute Gasteiger partial charge is 0.315 e. The van der Waals surface area contributed by atoms with Crippen molar-refractivity contribution in [2.75, 3.05) is 26.2 Å². The SMILES string of the molecule is CC(C)(C)NC(=O)NCCN1CC1.